The lowest BCUT2D eigenvalue weighted by molar-refractivity contribution is -0.164. The van der Waals surface area contributed by atoms with Gasteiger partial charge in [-0.25, -0.2) is 0 Å². The molecule has 0 aromatic rings. The molecular weight excluding hydrogens is 256 g/mol. The maximum absolute atomic E-state index is 12.4. The van der Waals surface area contributed by atoms with Gasteiger partial charge < -0.3 is 14.7 Å². The van der Waals surface area contributed by atoms with Gasteiger partial charge in [-0.2, -0.15) is 0 Å². The third-order valence-corrected chi connectivity index (χ3v) is 4.93. The molecule has 0 unspecified atom stereocenters. The third kappa shape index (κ3) is 3.15. The molecule has 2 aliphatic heterocycles. The van der Waals surface area contributed by atoms with Gasteiger partial charge in [-0.1, -0.05) is 13.8 Å². The van der Waals surface area contributed by atoms with Crippen LogP contribution >= 0.6 is 0 Å². The summed E-state index contributed by atoms with van der Waals surface area (Å²) >= 11 is 0. The lowest BCUT2D eigenvalue weighted by Crippen LogP contribution is -2.61. The summed E-state index contributed by atoms with van der Waals surface area (Å²) in [5.41, 5.74) is -1.19. The number of carbonyl (C=O) groups excluding carboxylic acids is 1. The number of amides is 1. The van der Waals surface area contributed by atoms with Gasteiger partial charge in [-0.15, -0.1) is 0 Å². The van der Waals surface area contributed by atoms with Gasteiger partial charge in [0.25, 0.3) is 0 Å². The molecule has 5 heteroatoms. The van der Waals surface area contributed by atoms with E-state index in [4.69, 9.17) is 4.74 Å². The molecule has 2 fully saturated rings. The van der Waals surface area contributed by atoms with Gasteiger partial charge in [0.15, 0.2) is 0 Å². The Morgan fingerprint density at radius 1 is 1.25 bits per heavy atom. The Bertz CT molecular complexity index is 353. The van der Waals surface area contributed by atoms with Crippen molar-refractivity contribution < 1.29 is 14.6 Å². The van der Waals surface area contributed by atoms with E-state index < -0.39 is 5.60 Å². The second-order valence-corrected chi connectivity index (χ2v) is 6.90. The topological polar surface area (TPSA) is 53.0 Å². The van der Waals surface area contributed by atoms with Crippen LogP contribution < -0.4 is 0 Å². The Labute approximate surface area is 121 Å². The number of ether oxygens (including phenoxy) is 1. The highest BCUT2D eigenvalue weighted by Gasteiger charge is 2.48. The SMILES string of the molecule is COC[C@]1(O)CCN(C(=O)CN2CCCC2)CC1(C)C. The van der Waals surface area contributed by atoms with Crippen LogP contribution in [0.15, 0.2) is 0 Å². The van der Waals surface area contributed by atoms with Gasteiger partial charge in [0.1, 0.15) is 0 Å². The predicted octanol–water partition coefficient (Wildman–Crippen LogP) is 0.718. The van der Waals surface area contributed by atoms with Crippen molar-refractivity contribution in [3.63, 3.8) is 0 Å². The number of hydrogen-bond donors (Lipinski definition) is 1. The summed E-state index contributed by atoms with van der Waals surface area (Å²) in [6.45, 7) is 8.18. The van der Waals surface area contributed by atoms with Crippen molar-refractivity contribution >= 4 is 5.91 Å². The van der Waals surface area contributed by atoms with Crippen molar-refractivity contribution in [3.05, 3.63) is 0 Å². The minimum Gasteiger partial charge on any atom is -0.387 e. The number of carbonyl (C=O) groups is 1. The van der Waals surface area contributed by atoms with E-state index in [2.05, 4.69) is 4.90 Å². The zero-order valence-electron chi connectivity index (χ0n) is 13.0. The van der Waals surface area contributed by atoms with Crippen LogP contribution in [0.25, 0.3) is 0 Å². The van der Waals surface area contributed by atoms with E-state index in [0.29, 0.717) is 32.7 Å². The Morgan fingerprint density at radius 3 is 2.45 bits per heavy atom. The number of methoxy groups -OCH3 is 1. The molecule has 2 heterocycles. The molecule has 116 valence electrons. The first-order valence-electron chi connectivity index (χ1n) is 7.59. The van der Waals surface area contributed by atoms with E-state index in [1.165, 1.54) is 12.8 Å². The standard InChI is InChI=1S/C15H28N2O3/c1-14(2)11-17(9-6-15(14,19)12-20-3)13(18)10-16-7-4-5-8-16/h19H,4-12H2,1-3H3/t15-/m1/s1. The van der Waals surface area contributed by atoms with Crippen LogP contribution in [0.5, 0.6) is 0 Å². The van der Waals surface area contributed by atoms with Crippen LogP contribution in [0.1, 0.15) is 33.1 Å². The number of hydrogen-bond acceptors (Lipinski definition) is 4. The molecule has 0 spiro atoms. The molecular formula is C15H28N2O3. The summed E-state index contributed by atoms with van der Waals surface area (Å²) in [6.07, 6.45) is 2.98. The van der Waals surface area contributed by atoms with Crippen LogP contribution in [-0.4, -0.2) is 72.9 Å². The molecule has 0 radical (unpaired) electrons. The van der Waals surface area contributed by atoms with E-state index in [0.717, 1.165) is 13.1 Å². The zero-order valence-corrected chi connectivity index (χ0v) is 13.0. The van der Waals surface area contributed by atoms with Gasteiger partial charge in [0.2, 0.25) is 5.91 Å². The number of rotatable bonds is 4. The van der Waals surface area contributed by atoms with Crippen molar-refractivity contribution in [2.24, 2.45) is 5.41 Å². The minimum absolute atomic E-state index is 0.194. The average Bonchev–Trinajstić information content (AvgIpc) is 2.86. The molecule has 0 aromatic heterocycles. The van der Waals surface area contributed by atoms with Gasteiger partial charge in [0, 0.05) is 25.6 Å². The first-order valence-corrected chi connectivity index (χ1v) is 7.59. The molecule has 0 saturated carbocycles. The largest absolute Gasteiger partial charge is 0.387 e. The van der Waals surface area contributed by atoms with E-state index in [-0.39, 0.29) is 11.3 Å². The number of aliphatic hydroxyl groups is 1. The normalized spacial score (nSPS) is 30.7. The summed E-state index contributed by atoms with van der Waals surface area (Å²) in [4.78, 5) is 16.5. The van der Waals surface area contributed by atoms with Gasteiger partial charge in [-0.3, -0.25) is 9.69 Å². The second kappa shape index (κ2) is 6.00. The fourth-order valence-corrected chi connectivity index (χ4v) is 3.31. The molecule has 1 atom stereocenters. The number of nitrogens with zero attached hydrogens (tertiary/aromatic N) is 2. The van der Waals surface area contributed by atoms with Crippen LogP contribution in [-0.2, 0) is 9.53 Å². The summed E-state index contributed by atoms with van der Waals surface area (Å²) in [5, 5.41) is 10.7. The van der Waals surface area contributed by atoms with Crippen molar-refractivity contribution in [1.82, 2.24) is 9.80 Å². The van der Waals surface area contributed by atoms with E-state index in [1.54, 1.807) is 7.11 Å². The quantitative estimate of drug-likeness (QED) is 0.826. The maximum Gasteiger partial charge on any atom is 0.236 e. The fraction of sp³-hybridized carbons (Fsp3) is 0.933. The van der Waals surface area contributed by atoms with Gasteiger partial charge in [0.05, 0.1) is 18.8 Å². The molecule has 1 N–H and O–H groups in total. The monoisotopic (exact) mass is 284 g/mol. The molecule has 2 aliphatic rings. The fourth-order valence-electron chi connectivity index (χ4n) is 3.31. The number of piperidine rings is 1. The maximum atomic E-state index is 12.4. The summed E-state index contributed by atoms with van der Waals surface area (Å²) < 4.78 is 5.16. The van der Waals surface area contributed by atoms with Crippen molar-refractivity contribution in [1.29, 1.82) is 0 Å². The lowest BCUT2D eigenvalue weighted by atomic mass is 9.70. The molecule has 2 saturated heterocycles. The van der Waals surface area contributed by atoms with Crippen LogP contribution in [0.2, 0.25) is 0 Å². The van der Waals surface area contributed by atoms with E-state index >= 15 is 0 Å². The Kier molecular flexibility index (Phi) is 4.72. The smallest absolute Gasteiger partial charge is 0.236 e. The molecule has 1 amide bonds. The second-order valence-electron chi connectivity index (χ2n) is 6.90. The highest BCUT2D eigenvalue weighted by atomic mass is 16.5. The Balaban J connectivity index is 1.94. The minimum atomic E-state index is -0.841. The highest BCUT2D eigenvalue weighted by molar-refractivity contribution is 5.78. The van der Waals surface area contributed by atoms with Crippen molar-refractivity contribution in [2.75, 3.05) is 46.4 Å². The lowest BCUT2D eigenvalue weighted by Gasteiger charge is -2.50. The third-order valence-electron chi connectivity index (χ3n) is 4.93. The van der Waals surface area contributed by atoms with Crippen LogP contribution in [0.4, 0.5) is 0 Å². The molecule has 20 heavy (non-hydrogen) atoms. The molecule has 2 rings (SSSR count). The zero-order chi connectivity index (χ0) is 14.8. The first kappa shape index (κ1) is 15.7. The van der Waals surface area contributed by atoms with E-state index in [1.807, 2.05) is 18.7 Å². The first-order chi connectivity index (χ1) is 9.38. The summed E-state index contributed by atoms with van der Waals surface area (Å²) in [5.74, 6) is 0.194. The van der Waals surface area contributed by atoms with Crippen molar-refractivity contribution in [2.45, 2.75) is 38.7 Å². The molecule has 5 nitrogen and oxygen atoms in total. The van der Waals surface area contributed by atoms with Gasteiger partial charge in [-0.05, 0) is 32.4 Å². The van der Waals surface area contributed by atoms with Crippen molar-refractivity contribution in [3.8, 4) is 0 Å². The summed E-state index contributed by atoms with van der Waals surface area (Å²) in [7, 11) is 1.61. The van der Waals surface area contributed by atoms with Crippen LogP contribution in [0.3, 0.4) is 0 Å². The van der Waals surface area contributed by atoms with Gasteiger partial charge >= 0.3 is 0 Å². The highest BCUT2D eigenvalue weighted by Crippen LogP contribution is 2.38. The summed E-state index contributed by atoms with van der Waals surface area (Å²) in [6, 6.07) is 0. The van der Waals surface area contributed by atoms with Crippen LogP contribution in [0, 0.1) is 5.41 Å². The number of likely N-dealkylation sites (tertiary alicyclic amines) is 2. The Morgan fingerprint density at radius 2 is 1.90 bits per heavy atom. The molecule has 0 aliphatic carbocycles. The predicted molar refractivity (Wildman–Crippen MR) is 77.5 cm³/mol. The molecule has 0 aromatic carbocycles. The average molecular weight is 284 g/mol. The Hall–Kier alpha value is -0.650. The van der Waals surface area contributed by atoms with E-state index in [9.17, 15) is 9.90 Å². The molecule has 0 bridgehead atoms.